The number of hydrogen-bond donors (Lipinski definition) is 0. The molecule has 2 nitrogen and oxygen atoms in total. The summed E-state index contributed by atoms with van der Waals surface area (Å²) >= 11 is 6.02. The van der Waals surface area contributed by atoms with Crippen molar-refractivity contribution in [3.8, 4) is 0 Å². The third kappa shape index (κ3) is 3.33. The van der Waals surface area contributed by atoms with Gasteiger partial charge in [-0.15, -0.1) is 0 Å². The summed E-state index contributed by atoms with van der Waals surface area (Å²) in [6.45, 7) is 0.488. The number of carbonyl (C=O) groups excluding carboxylic acids is 1. The van der Waals surface area contributed by atoms with Gasteiger partial charge < -0.3 is 4.90 Å². The number of rotatable bonds is 2. The highest BCUT2D eigenvalue weighted by molar-refractivity contribution is 6.30. The van der Waals surface area contributed by atoms with Gasteiger partial charge in [-0.2, -0.15) is 0 Å². The molecule has 3 aromatic rings. The fraction of sp³-hybridized carbons (Fsp3) is 0.136. The molecule has 1 amide bonds. The van der Waals surface area contributed by atoms with Crippen LogP contribution in [0, 0.1) is 11.6 Å². The van der Waals surface area contributed by atoms with Crippen molar-refractivity contribution in [3.63, 3.8) is 0 Å². The Kier molecular flexibility index (Phi) is 4.66. The van der Waals surface area contributed by atoms with Crippen molar-refractivity contribution in [3.05, 3.63) is 106 Å². The second kappa shape index (κ2) is 7.12. The molecule has 0 saturated carbocycles. The van der Waals surface area contributed by atoms with Crippen LogP contribution in [0.3, 0.4) is 0 Å². The molecule has 1 atom stereocenters. The Labute approximate surface area is 161 Å². The minimum absolute atomic E-state index is 0.132. The topological polar surface area (TPSA) is 20.3 Å². The summed E-state index contributed by atoms with van der Waals surface area (Å²) in [6.07, 6.45) is 0.704. The standard InChI is InChI=1S/C22H16ClF2NO/c23-17-8-5-15(6-9-17)21-18-4-2-1-3-14(18)11-12-26(21)22(27)16-7-10-19(24)20(25)13-16/h1-10,13,21H,11-12H2/t21-/m0/s1. The lowest BCUT2D eigenvalue weighted by molar-refractivity contribution is 0.0694. The van der Waals surface area contributed by atoms with Gasteiger partial charge in [-0.05, 0) is 53.4 Å². The summed E-state index contributed by atoms with van der Waals surface area (Å²) < 4.78 is 26.9. The lowest BCUT2D eigenvalue weighted by Gasteiger charge is -2.38. The third-order valence-corrected chi connectivity index (χ3v) is 5.15. The molecule has 1 aliphatic rings. The predicted octanol–water partition coefficient (Wildman–Crippen LogP) is 5.41. The molecule has 136 valence electrons. The third-order valence-electron chi connectivity index (χ3n) is 4.90. The number of halogens is 3. The number of amides is 1. The zero-order chi connectivity index (χ0) is 19.0. The highest BCUT2D eigenvalue weighted by Crippen LogP contribution is 2.36. The average molecular weight is 384 g/mol. The van der Waals surface area contributed by atoms with E-state index in [0.29, 0.717) is 18.0 Å². The van der Waals surface area contributed by atoms with Crippen LogP contribution < -0.4 is 0 Å². The molecule has 0 N–H and O–H groups in total. The smallest absolute Gasteiger partial charge is 0.254 e. The molecule has 1 heterocycles. The highest BCUT2D eigenvalue weighted by atomic mass is 35.5. The highest BCUT2D eigenvalue weighted by Gasteiger charge is 2.32. The van der Waals surface area contributed by atoms with E-state index in [9.17, 15) is 13.6 Å². The maximum absolute atomic E-state index is 13.6. The Bertz CT molecular complexity index is 1000. The summed E-state index contributed by atoms with van der Waals surface area (Å²) in [5, 5.41) is 0.612. The number of hydrogen-bond acceptors (Lipinski definition) is 1. The summed E-state index contributed by atoms with van der Waals surface area (Å²) in [5.41, 5.74) is 3.25. The van der Waals surface area contributed by atoms with Crippen LogP contribution in [0.25, 0.3) is 0 Å². The molecule has 0 fully saturated rings. The first-order valence-corrected chi connectivity index (χ1v) is 9.01. The second-order valence-corrected chi connectivity index (χ2v) is 6.97. The number of benzene rings is 3. The first kappa shape index (κ1) is 17.7. The quantitative estimate of drug-likeness (QED) is 0.579. The lowest BCUT2D eigenvalue weighted by atomic mass is 9.87. The Balaban J connectivity index is 1.79. The summed E-state index contributed by atoms with van der Waals surface area (Å²) in [7, 11) is 0. The van der Waals surface area contributed by atoms with Crippen molar-refractivity contribution < 1.29 is 13.6 Å². The monoisotopic (exact) mass is 383 g/mol. The van der Waals surface area contributed by atoms with Crippen molar-refractivity contribution in [2.24, 2.45) is 0 Å². The van der Waals surface area contributed by atoms with E-state index in [2.05, 4.69) is 6.07 Å². The van der Waals surface area contributed by atoms with Gasteiger partial charge in [0.2, 0.25) is 0 Å². The largest absolute Gasteiger partial charge is 0.327 e. The number of nitrogens with zero attached hydrogens (tertiary/aromatic N) is 1. The zero-order valence-electron chi connectivity index (χ0n) is 14.3. The summed E-state index contributed by atoms with van der Waals surface area (Å²) in [5.74, 6) is -2.32. The van der Waals surface area contributed by atoms with E-state index in [1.165, 1.54) is 11.6 Å². The molecule has 1 aliphatic heterocycles. The van der Waals surface area contributed by atoms with E-state index in [-0.39, 0.29) is 17.5 Å². The van der Waals surface area contributed by atoms with Crippen LogP contribution in [-0.2, 0) is 6.42 Å². The van der Waals surface area contributed by atoms with Crippen LogP contribution in [0.15, 0.2) is 66.7 Å². The van der Waals surface area contributed by atoms with Crippen molar-refractivity contribution in [1.29, 1.82) is 0 Å². The SMILES string of the molecule is O=C(c1ccc(F)c(F)c1)N1CCc2ccccc2[C@@H]1c1ccc(Cl)cc1. The molecule has 0 aromatic heterocycles. The van der Waals surface area contributed by atoms with Crippen LogP contribution in [0.2, 0.25) is 5.02 Å². The van der Waals surface area contributed by atoms with Gasteiger partial charge >= 0.3 is 0 Å². The first-order valence-electron chi connectivity index (χ1n) is 8.64. The van der Waals surface area contributed by atoms with Crippen molar-refractivity contribution >= 4 is 17.5 Å². The van der Waals surface area contributed by atoms with E-state index in [0.717, 1.165) is 23.3 Å². The van der Waals surface area contributed by atoms with Gasteiger partial charge in [0.15, 0.2) is 11.6 Å². The van der Waals surface area contributed by atoms with Crippen molar-refractivity contribution in [1.82, 2.24) is 4.90 Å². The van der Waals surface area contributed by atoms with Crippen molar-refractivity contribution in [2.45, 2.75) is 12.5 Å². The molecule has 0 bridgehead atoms. The van der Waals surface area contributed by atoms with Crippen LogP contribution in [0.1, 0.15) is 33.1 Å². The molecule has 0 unspecified atom stereocenters. The summed E-state index contributed by atoms with van der Waals surface area (Å²) in [6, 6.07) is 18.3. The lowest BCUT2D eigenvalue weighted by Crippen LogP contribution is -2.40. The van der Waals surface area contributed by atoms with Gasteiger partial charge in [-0.3, -0.25) is 4.79 Å². The molecular formula is C22H16ClF2NO. The van der Waals surface area contributed by atoms with E-state index in [1.807, 2.05) is 30.3 Å². The molecule has 4 rings (SSSR count). The molecule has 3 aromatic carbocycles. The molecular weight excluding hydrogens is 368 g/mol. The maximum Gasteiger partial charge on any atom is 0.254 e. The van der Waals surface area contributed by atoms with E-state index in [1.54, 1.807) is 17.0 Å². The Hall–Kier alpha value is -2.72. The summed E-state index contributed by atoms with van der Waals surface area (Å²) in [4.78, 5) is 14.8. The minimum atomic E-state index is -1.03. The van der Waals surface area contributed by atoms with E-state index >= 15 is 0 Å². The van der Waals surface area contributed by atoms with E-state index < -0.39 is 11.6 Å². The van der Waals surface area contributed by atoms with Crippen molar-refractivity contribution in [2.75, 3.05) is 6.54 Å². The van der Waals surface area contributed by atoms with E-state index in [4.69, 9.17) is 11.6 Å². The average Bonchev–Trinajstić information content (AvgIpc) is 2.69. The second-order valence-electron chi connectivity index (χ2n) is 6.53. The molecule has 0 spiro atoms. The predicted molar refractivity (Wildman–Crippen MR) is 101 cm³/mol. The van der Waals surface area contributed by atoms with Crippen LogP contribution in [-0.4, -0.2) is 17.4 Å². The van der Waals surface area contributed by atoms with Crippen LogP contribution in [0.5, 0.6) is 0 Å². The first-order chi connectivity index (χ1) is 13.0. The number of fused-ring (bicyclic) bond motifs is 1. The molecule has 0 radical (unpaired) electrons. The Morgan fingerprint density at radius 3 is 2.44 bits per heavy atom. The fourth-order valence-corrected chi connectivity index (χ4v) is 3.71. The zero-order valence-corrected chi connectivity index (χ0v) is 15.1. The van der Waals surface area contributed by atoms with Gasteiger partial charge in [0.05, 0.1) is 6.04 Å². The molecule has 27 heavy (non-hydrogen) atoms. The molecule has 5 heteroatoms. The molecule has 0 aliphatic carbocycles. The normalized spacial score (nSPS) is 16.1. The number of carbonyl (C=O) groups is 1. The fourth-order valence-electron chi connectivity index (χ4n) is 3.58. The van der Waals surface area contributed by atoms with Crippen LogP contribution in [0.4, 0.5) is 8.78 Å². The van der Waals surface area contributed by atoms with Crippen LogP contribution >= 0.6 is 11.6 Å². The maximum atomic E-state index is 13.6. The molecule has 0 saturated heterocycles. The van der Waals surface area contributed by atoms with Gasteiger partial charge in [-0.1, -0.05) is 48.0 Å². The minimum Gasteiger partial charge on any atom is -0.327 e. The Morgan fingerprint density at radius 2 is 1.70 bits per heavy atom. The van der Waals surface area contributed by atoms with Gasteiger partial charge in [0, 0.05) is 17.1 Å². The van der Waals surface area contributed by atoms with Gasteiger partial charge in [0.1, 0.15) is 0 Å². The van der Waals surface area contributed by atoms with Gasteiger partial charge in [-0.25, -0.2) is 8.78 Å². The Morgan fingerprint density at radius 1 is 0.963 bits per heavy atom. The van der Waals surface area contributed by atoms with Gasteiger partial charge in [0.25, 0.3) is 5.91 Å².